The molecule has 2 N–H and O–H groups in total. The summed E-state index contributed by atoms with van der Waals surface area (Å²) in [6, 6.07) is 10.5. The zero-order chi connectivity index (χ0) is 25.1. The molecule has 184 valence electrons. The smallest absolute Gasteiger partial charge is 0.243 e. The molecular formula is C27H25N9O. The standard InChI is InChI=1S/C27H25N9O/c1-35(2)23(37)14-36-13-22(32-34-36)27-25-21(31-33-27)10-9-20-24(25)17-5-3-4-6-18(17)26(29-20)15-7-8-19-16(11-15)12-28-30-19/h7-13H,3-6,14H2,1-2H3,(H,28,30)(H,31,33). The van der Waals surface area contributed by atoms with Crippen molar-refractivity contribution < 1.29 is 4.79 Å². The molecule has 10 heteroatoms. The molecule has 6 aromatic rings. The number of nitrogens with zero attached hydrogens (tertiary/aromatic N) is 7. The topological polar surface area (TPSA) is 121 Å². The molecule has 0 unspecified atom stereocenters. The number of carbonyl (C=O) groups is 1. The van der Waals surface area contributed by atoms with E-state index in [0.717, 1.165) is 75.3 Å². The van der Waals surface area contributed by atoms with Crippen LogP contribution in [0.25, 0.3) is 55.4 Å². The summed E-state index contributed by atoms with van der Waals surface area (Å²) in [6.45, 7) is 0.129. The first-order valence-corrected chi connectivity index (χ1v) is 12.4. The highest BCUT2D eigenvalue weighted by Gasteiger charge is 2.24. The fourth-order valence-electron chi connectivity index (χ4n) is 5.41. The lowest BCUT2D eigenvalue weighted by Crippen LogP contribution is -2.26. The van der Waals surface area contributed by atoms with Gasteiger partial charge in [-0.1, -0.05) is 11.3 Å². The Balaban J connectivity index is 1.43. The minimum atomic E-state index is -0.0480. The molecule has 0 aliphatic heterocycles. The van der Waals surface area contributed by atoms with Crippen LogP contribution in [-0.2, 0) is 24.2 Å². The molecule has 0 radical (unpaired) electrons. The van der Waals surface area contributed by atoms with Crippen LogP contribution in [0.15, 0.2) is 42.7 Å². The molecule has 0 atom stereocenters. The molecule has 4 aromatic heterocycles. The number of aryl methyl sites for hydroxylation is 1. The molecule has 0 saturated carbocycles. The normalized spacial score (nSPS) is 13.5. The van der Waals surface area contributed by atoms with Gasteiger partial charge in [0.1, 0.15) is 17.9 Å². The number of carbonyl (C=O) groups excluding carboxylic acids is 1. The van der Waals surface area contributed by atoms with E-state index < -0.39 is 0 Å². The minimum absolute atomic E-state index is 0.0480. The van der Waals surface area contributed by atoms with Crippen molar-refractivity contribution in [3.63, 3.8) is 0 Å². The van der Waals surface area contributed by atoms with E-state index in [0.29, 0.717) is 5.69 Å². The maximum Gasteiger partial charge on any atom is 0.243 e. The molecule has 0 saturated heterocycles. The van der Waals surface area contributed by atoms with Gasteiger partial charge in [0.15, 0.2) is 0 Å². The van der Waals surface area contributed by atoms with Crippen LogP contribution in [0.4, 0.5) is 0 Å². The molecule has 7 rings (SSSR count). The number of amides is 1. The maximum absolute atomic E-state index is 12.2. The summed E-state index contributed by atoms with van der Waals surface area (Å²) < 4.78 is 1.56. The van der Waals surface area contributed by atoms with Crippen molar-refractivity contribution in [1.29, 1.82) is 0 Å². The van der Waals surface area contributed by atoms with Crippen molar-refractivity contribution in [2.45, 2.75) is 32.2 Å². The number of likely N-dealkylation sites (N-methyl/N-ethyl adjacent to an activating group) is 1. The van der Waals surface area contributed by atoms with Gasteiger partial charge < -0.3 is 4.90 Å². The number of hydrogen-bond acceptors (Lipinski definition) is 6. The second-order valence-electron chi connectivity index (χ2n) is 9.84. The number of hydrogen-bond donors (Lipinski definition) is 2. The highest BCUT2D eigenvalue weighted by atomic mass is 16.2. The van der Waals surface area contributed by atoms with Crippen molar-refractivity contribution in [2.75, 3.05) is 14.1 Å². The number of H-pyrrole nitrogens is 2. The van der Waals surface area contributed by atoms with Gasteiger partial charge in [0, 0.05) is 35.8 Å². The van der Waals surface area contributed by atoms with E-state index >= 15 is 0 Å². The predicted octanol–water partition coefficient (Wildman–Crippen LogP) is 3.88. The van der Waals surface area contributed by atoms with Crippen LogP contribution in [0.1, 0.15) is 24.0 Å². The average Bonchev–Trinajstić information content (AvgIpc) is 3.66. The molecule has 1 aliphatic rings. The van der Waals surface area contributed by atoms with E-state index in [1.54, 1.807) is 29.9 Å². The zero-order valence-corrected chi connectivity index (χ0v) is 20.6. The first-order chi connectivity index (χ1) is 18.1. The Morgan fingerprint density at radius 2 is 1.84 bits per heavy atom. The van der Waals surface area contributed by atoms with Crippen LogP contribution >= 0.6 is 0 Å². The second kappa shape index (κ2) is 8.22. The number of nitrogens with one attached hydrogen (secondary N) is 2. The van der Waals surface area contributed by atoms with Gasteiger partial charge in [0.25, 0.3) is 0 Å². The molecule has 2 aromatic carbocycles. The highest BCUT2D eigenvalue weighted by Crippen LogP contribution is 2.40. The molecule has 0 fully saturated rings. The number of benzene rings is 2. The average molecular weight is 492 g/mol. The van der Waals surface area contributed by atoms with Crippen molar-refractivity contribution in [1.82, 2.24) is 45.3 Å². The Morgan fingerprint density at radius 1 is 1.00 bits per heavy atom. The van der Waals surface area contributed by atoms with E-state index in [9.17, 15) is 4.79 Å². The summed E-state index contributed by atoms with van der Waals surface area (Å²) in [6.07, 6.45) is 7.89. The lowest BCUT2D eigenvalue weighted by Gasteiger charge is -2.22. The summed E-state index contributed by atoms with van der Waals surface area (Å²) >= 11 is 0. The molecule has 1 aliphatic carbocycles. The molecule has 1 amide bonds. The first-order valence-electron chi connectivity index (χ1n) is 12.4. The number of aromatic amines is 2. The Hall–Kier alpha value is -4.60. The Morgan fingerprint density at radius 3 is 2.70 bits per heavy atom. The fraction of sp³-hybridized carbons (Fsp3) is 0.259. The first kappa shape index (κ1) is 21.7. The van der Waals surface area contributed by atoms with E-state index in [4.69, 9.17) is 4.98 Å². The number of rotatable bonds is 4. The molecular weight excluding hydrogens is 466 g/mol. The van der Waals surface area contributed by atoms with Crippen LogP contribution in [0.2, 0.25) is 0 Å². The predicted molar refractivity (Wildman–Crippen MR) is 141 cm³/mol. The van der Waals surface area contributed by atoms with Gasteiger partial charge in [-0.15, -0.1) is 5.10 Å². The Bertz CT molecular complexity index is 1820. The van der Waals surface area contributed by atoms with Gasteiger partial charge >= 0.3 is 0 Å². The van der Waals surface area contributed by atoms with Gasteiger partial charge in [0.2, 0.25) is 5.91 Å². The highest BCUT2D eigenvalue weighted by molar-refractivity contribution is 6.13. The second-order valence-corrected chi connectivity index (χ2v) is 9.84. The number of fused-ring (bicyclic) bond motifs is 6. The van der Waals surface area contributed by atoms with Crippen LogP contribution in [0, 0.1) is 0 Å². The Kier molecular flexibility index (Phi) is 4.82. The summed E-state index contributed by atoms with van der Waals surface area (Å²) in [5.74, 6) is -0.0480. The van der Waals surface area contributed by atoms with Crippen LogP contribution < -0.4 is 0 Å². The van der Waals surface area contributed by atoms with Crippen LogP contribution in [0.3, 0.4) is 0 Å². The van der Waals surface area contributed by atoms with Crippen molar-refractivity contribution in [3.05, 3.63) is 53.9 Å². The van der Waals surface area contributed by atoms with Crippen LogP contribution in [0.5, 0.6) is 0 Å². The van der Waals surface area contributed by atoms with Gasteiger partial charge in [-0.3, -0.25) is 15.0 Å². The summed E-state index contributed by atoms with van der Waals surface area (Å²) in [7, 11) is 3.45. The third-order valence-electron chi connectivity index (χ3n) is 7.29. The van der Waals surface area contributed by atoms with Gasteiger partial charge in [-0.2, -0.15) is 10.2 Å². The van der Waals surface area contributed by atoms with Gasteiger partial charge in [0.05, 0.1) is 34.6 Å². The SMILES string of the molecule is CN(C)C(=O)Cn1cc(-c2n[nH]c3ccc4nc(-c5ccc6[nH]ncc6c5)c5c(c4c23)CCCC5)nn1. The summed E-state index contributed by atoms with van der Waals surface area (Å²) in [5.41, 5.74) is 9.04. The van der Waals surface area contributed by atoms with Crippen molar-refractivity contribution in [2.24, 2.45) is 0 Å². The maximum atomic E-state index is 12.2. The third-order valence-corrected chi connectivity index (χ3v) is 7.29. The number of aromatic nitrogens is 8. The molecule has 4 heterocycles. The third kappa shape index (κ3) is 3.47. The van der Waals surface area contributed by atoms with Crippen LogP contribution in [-0.4, -0.2) is 65.3 Å². The monoisotopic (exact) mass is 491 g/mol. The quantitative estimate of drug-likeness (QED) is 0.386. The molecule has 10 nitrogen and oxygen atoms in total. The summed E-state index contributed by atoms with van der Waals surface area (Å²) in [5, 5.41) is 26.8. The fourth-order valence-corrected chi connectivity index (χ4v) is 5.41. The van der Waals surface area contributed by atoms with E-state index in [1.807, 2.05) is 12.3 Å². The van der Waals surface area contributed by atoms with E-state index in [-0.39, 0.29) is 12.5 Å². The lowest BCUT2D eigenvalue weighted by molar-refractivity contribution is -0.129. The van der Waals surface area contributed by atoms with Gasteiger partial charge in [-0.25, -0.2) is 9.67 Å². The molecule has 0 spiro atoms. The minimum Gasteiger partial charge on any atom is -0.347 e. The summed E-state index contributed by atoms with van der Waals surface area (Å²) in [4.78, 5) is 18.9. The number of pyridine rings is 1. The molecule has 37 heavy (non-hydrogen) atoms. The largest absolute Gasteiger partial charge is 0.347 e. The molecule has 0 bridgehead atoms. The van der Waals surface area contributed by atoms with Crippen molar-refractivity contribution >= 4 is 38.6 Å². The Labute approximate surface area is 211 Å². The van der Waals surface area contributed by atoms with E-state index in [1.165, 1.54) is 11.1 Å². The van der Waals surface area contributed by atoms with Gasteiger partial charge in [-0.05, 0) is 61.1 Å². The van der Waals surface area contributed by atoms with Crippen molar-refractivity contribution in [3.8, 4) is 22.6 Å². The zero-order valence-electron chi connectivity index (χ0n) is 20.6. The van der Waals surface area contributed by atoms with E-state index in [2.05, 4.69) is 55.0 Å². The lowest BCUT2D eigenvalue weighted by atomic mass is 9.85.